The third-order valence-electron chi connectivity index (χ3n) is 6.40. The van der Waals surface area contributed by atoms with Gasteiger partial charge < -0.3 is 10.2 Å². The second-order valence-corrected chi connectivity index (χ2v) is 7.39. The molecule has 0 spiro atoms. The van der Waals surface area contributed by atoms with Crippen LogP contribution < -0.4 is 5.32 Å². The molecule has 0 aromatic carbocycles. The molecule has 1 amide bonds. The van der Waals surface area contributed by atoms with Crippen molar-refractivity contribution in [1.29, 1.82) is 0 Å². The fourth-order valence-corrected chi connectivity index (χ4v) is 4.91. The Hall–Kier alpha value is -0.570. The molecule has 2 aliphatic heterocycles. The Labute approximate surface area is 109 Å². The van der Waals surface area contributed by atoms with Gasteiger partial charge in [0.05, 0.1) is 6.04 Å². The van der Waals surface area contributed by atoms with Crippen LogP contribution in [0.4, 0.5) is 0 Å². The average molecular weight is 248 g/mol. The van der Waals surface area contributed by atoms with Crippen molar-refractivity contribution in [2.45, 2.75) is 45.7 Å². The van der Waals surface area contributed by atoms with Crippen LogP contribution in [0.5, 0.6) is 0 Å². The predicted octanol–water partition coefficient (Wildman–Crippen LogP) is 1.49. The molecular formula is C15H24N2O. The van der Waals surface area contributed by atoms with Crippen molar-refractivity contribution in [2.24, 2.45) is 29.1 Å². The number of rotatable bonds is 2. The van der Waals surface area contributed by atoms with Gasteiger partial charge in [-0.1, -0.05) is 20.8 Å². The summed E-state index contributed by atoms with van der Waals surface area (Å²) in [6.07, 6.45) is 2.39. The van der Waals surface area contributed by atoms with Gasteiger partial charge in [-0.25, -0.2) is 0 Å². The first kappa shape index (κ1) is 11.3. The summed E-state index contributed by atoms with van der Waals surface area (Å²) in [6, 6.07) is 0.668. The SMILES string of the molecule is CCC1[C@@H]2[C@H](C)[C@@H]2CN1C(=O)[C@H]1NCC2(C)C[C@@H]12. The van der Waals surface area contributed by atoms with Crippen molar-refractivity contribution in [3.05, 3.63) is 0 Å². The van der Waals surface area contributed by atoms with Gasteiger partial charge in [0.25, 0.3) is 0 Å². The standard InChI is InChI=1S/C15H24N2O/c1-4-11-12-8(2)9(12)6-17(11)14(18)13-10-5-15(10,3)7-16-13/h8-13,16H,4-7H2,1-3H3/t8-,9+,10+,11?,12-,13+,15?/m1/s1. The Bertz CT molecular complexity index is 409. The first-order valence-corrected chi connectivity index (χ1v) is 7.60. The van der Waals surface area contributed by atoms with Gasteiger partial charge in [0.1, 0.15) is 0 Å². The van der Waals surface area contributed by atoms with Crippen LogP contribution in [0.25, 0.3) is 0 Å². The summed E-state index contributed by atoms with van der Waals surface area (Å²) in [4.78, 5) is 15.0. The summed E-state index contributed by atoms with van der Waals surface area (Å²) in [6.45, 7) is 8.98. The second-order valence-electron chi connectivity index (χ2n) is 7.39. The van der Waals surface area contributed by atoms with Gasteiger partial charge in [0, 0.05) is 19.1 Å². The molecule has 2 heterocycles. The van der Waals surface area contributed by atoms with Crippen LogP contribution in [0.1, 0.15) is 33.6 Å². The lowest BCUT2D eigenvalue weighted by molar-refractivity contribution is -0.135. The molecule has 4 aliphatic rings. The summed E-state index contributed by atoms with van der Waals surface area (Å²) in [7, 11) is 0. The number of hydrogen-bond acceptors (Lipinski definition) is 2. The van der Waals surface area contributed by atoms with E-state index in [9.17, 15) is 4.79 Å². The molecular weight excluding hydrogens is 224 g/mol. The normalized spacial score (nSPS) is 56.3. The minimum absolute atomic E-state index is 0.136. The molecule has 0 aromatic rings. The van der Waals surface area contributed by atoms with Crippen molar-refractivity contribution in [3.8, 4) is 0 Å². The molecule has 2 unspecified atom stereocenters. The summed E-state index contributed by atoms with van der Waals surface area (Å²) in [5, 5.41) is 3.47. The first-order valence-electron chi connectivity index (χ1n) is 7.60. The largest absolute Gasteiger partial charge is 0.338 e. The highest BCUT2D eigenvalue weighted by molar-refractivity contribution is 5.84. The molecule has 3 nitrogen and oxygen atoms in total. The minimum atomic E-state index is 0.136. The fraction of sp³-hybridized carbons (Fsp3) is 0.933. The molecule has 2 aliphatic carbocycles. The zero-order chi connectivity index (χ0) is 12.7. The fourth-order valence-electron chi connectivity index (χ4n) is 4.91. The van der Waals surface area contributed by atoms with Gasteiger partial charge >= 0.3 is 0 Å². The topological polar surface area (TPSA) is 32.3 Å². The third kappa shape index (κ3) is 1.26. The van der Waals surface area contributed by atoms with Crippen molar-refractivity contribution >= 4 is 5.91 Å². The molecule has 0 bridgehead atoms. The molecule has 2 saturated heterocycles. The monoisotopic (exact) mass is 248 g/mol. The molecule has 100 valence electrons. The molecule has 0 radical (unpaired) electrons. The van der Waals surface area contributed by atoms with Gasteiger partial charge in [-0.2, -0.15) is 0 Å². The molecule has 4 rings (SSSR count). The van der Waals surface area contributed by atoms with Crippen LogP contribution in [0.15, 0.2) is 0 Å². The van der Waals surface area contributed by atoms with Gasteiger partial charge in [0.15, 0.2) is 0 Å². The van der Waals surface area contributed by atoms with Crippen molar-refractivity contribution in [3.63, 3.8) is 0 Å². The molecule has 2 saturated carbocycles. The number of likely N-dealkylation sites (tertiary alicyclic amines) is 1. The Morgan fingerprint density at radius 3 is 2.83 bits per heavy atom. The Balaban J connectivity index is 1.49. The summed E-state index contributed by atoms with van der Waals surface area (Å²) >= 11 is 0. The van der Waals surface area contributed by atoms with Gasteiger partial charge in [0.2, 0.25) is 5.91 Å². The highest BCUT2D eigenvalue weighted by Gasteiger charge is 2.64. The van der Waals surface area contributed by atoms with E-state index in [1.54, 1.807) is 0 Å². The minimum Gasteiger partial charge on any atom is -0.338 e. The molecule has 0 aromatic heterocycles. The van der Waals surface area contributed by atoms with Crippen molar-refractivity contribution in [1.82, 2.24) is 10.2 Å². The number of amides is 1. The number of hydrogen-bond donors (Lipinski definition) is 1. The van der Waals surface area contributed by atoms with E-state index in [2.05, 4.69) is 31.0 Å². The summed E-state index contributed by atoms with van der Waals surface area (Å²) < 4.78 is 0. The maximum Gasteiger partial charge on any atom is 0.240 e. The molecule has 4 fully saturated rings. The van der Waals surface area contributed by atoms with E-state index in [4.69, 9.17) is 0 Å². The van der Waals surface area contributed by atoms with E-state index in [0.717, 1.165) is 37.3 Å². The maximum atomic E-state index is 12.7. The zero-order valence-electron chi connectivity index (χ0n) is 11.6. The van der Waals surface area contributed by atoms with E-state index in [0.29, 0.717) is 23.3 Å². The Kier molecular flexibility index (Phi) is 2.07. The van der Waals surface area contributed by atoms with Crippen LogP contribution in [-0.4, -0.2) is 36.0 Å². The van der Waals surface area contributed by atoms with E-state index in [-0.39, 0.29) is 6.04 Å². The highest BCUT2D eigenvalue weighted by atomic mass is 16.2. The Morgan fingerprint density at radius 1 is 1.50 bits per heavy atom. The van der Waals surface area contributed by atoms with Gasteiger partial charge in [-0.3, -0.25) is 4.79 Å². The quantitative estimate of drug-likeness (QED) is 0.803. The number of nitrogens with zero attached hydrogens (tertiary/aromatic N) is 1. The lowest BCUT2D eigenvalue weighted by atomic mass is 10.0. The molecule has 3 heteroatoms. The zero-order valence-corrected chi connectivity index (χ0v) is 11.6. The second kappa shape index (κ2) is 3.30. The number of piperidine rings is 2. The number of carbonyl (C=O) groups is 1. The lowest BCUT2D eigenvalue weighted by Gasteiger charge is -2.30. The van der Waals surface area contributed by atoms with E-state index < -0.39 is 0 Å². The summed E-state index contributed by atoms with van der Waals surface area (Å²) in [5.41, 5.74) is 0.442. The molecule has 1 N–H and O–H groups in total. The maximum absolute atomic E-state index is 12.7. The third-order valence-corrected chi connectivity index (χ3v) is 6.40. The van der Waals surface area contributed by atoms with Crippen LogP contribution >= 0.6 is 0 Å². The van der Waals surface area contributed by atoms with Gasteiger partial charge in [-0.05, 0) is 41.9 Å². The van der Waals surface area contributed by atoms with Crippen LogP contribution in [-0.2, 0) is 4.79 Å². The predicted molar refractivity (Wildman–Crippen MR) is 69.9 cm³/mol. The highest BCUT2D eigenvalue weighted by Crippen LogP contribution is 2.59. The van der Waals surface area contributed by atoms with Crippen LogP contribution in [0, 0.1) is 29.1 Å². The lowest BCUT2D eigenvalue weighted by Crippen LogP contribution is -2.49. The first-order chi connectivity index (χ1) is 8.57. The average Bonchev–Trinajstić information content (AvgIpc) is 3.06. The number of fused-ring (bicyclic) bond motifs is 2. The smallest absolute Gasteiger partial charge is 0.240 e. The van der Waals surface area contributed by atoms with Crippen molar-refractivity contribution < 1.29 is 4.79 Å². The van der Waals surface area contributed by atoms with Crippen LogP contribution in [0.3, 0.4) is 0 Å². The van der Waals surface area contributed by atoms with Crippen molar-refractivity contribution in [2.75, 3.05) is 13.1 Å². The van der Waals surface area contributed by atoms with E-state index in [1.807, 2.05) is 0 Å². The number of carbonyl (C=O) groups excluding carboxylic acids is 1. The molecule has 7 atom stereocenters. The summed E-state index contributed by atoms with van der Waals surface area (Å²) in [5.74, 6) is 3.52. The van der Waals surface area contributed by atoms with E-state index in [1.165, 1.54) is 6.42 Å². The molecule has 18 heavy (non-hydrogen) atoms. The number of nitrogens with one attached hydrogen (secondary N) is 1. The van der Waals surface area contributed by atoms with Crippen LogP contribution in [0.2, 0.25) is 0 Å². The van der Waals surface area contributed by atoms with Gasteiger partial charge in [-0.15, -0.1) is 0 Å². The Morgan fingerprint density at radius 2 is 2.28 bits per heavy atom. The van der Waals surface area contributed by atoms with E-state index >= 15 is 0 Å².